The quantitative estimate of drug-likeness (QED) is 0.596. The van der Waals surface area contributed by atoms with Crippen LogP contribution in [0.2, 0.25) is 19.6 Å². The molecule has 2 bridgehead atoms. The first-order valence-electron chi connectivity index (χ1n) is 4.95. The van der Waals surface area contributed by atoms with Crippen molar-refractivity contribution >= 4 is 8.32 Å². The van der Waals surface area contributed by atoms with Crippen LogP contribution in [-0.2, 0) is 4.43 Å². The van der Waals surface area contributed by atoms with Gasteiger partial charge in [0.25, 0.3) is 0 Å². The zero-order chi connectivity index (χ0) is 8.77. The minimum atomic E-state index is -1.33. The number of allylic oxidation sites excluding steroid dienone is 2. The molecule has 2 rings (SSSR count). The summed E-state index contributed by atoms with van der Waals surface area (Å²) in [6.45, 7) is 6.79. The molecule has 0 aromatic heterocycles. The van der Waals surface area contributed by atoms with Crippen molar-refractivity contribution in [1.82, 2.24) is 0 Å². The van der Waals surface area contributed by atoms with Crippen molar-refractivity contribution in [1.29, 1.82) is 0 Å². The Morgan fingerprint density at radius 2 is 2.08 bits per heavy atom. The fourth-order valence-corrected chi connectivity index (χ4v) is 3.21. The summed E-state index contributed by atoms with van der Waals surface area (Å²) in [6, 6.07) is 0. The topological polar surface area (TPSA) is 9.23 Å². The van der Waals surface area contributed by atoms with Crippen molar-refractivity contribution in [2.24, 2.45) is 11.8 Å². The van der Waals surface area contributed by atoms with Crippen molar-refractivity contribution in [3.63, 3.8) is 0 Å². The molecule has 1 saturated carbocycles. The molecule has 0 aromatic rings. The summed E-state index contributed by atoms with van der Waals surface area (Å²) in [6.07, 6.45) is 6.54. The van der Waals surface area contributed by atoms with Gasteiger partial charge in [-0.15, -0.1) is 0 Å². The number of hydrogen-bond acceptors (Lipinski definition) is 1. The summed E-state index contributed by atoms with van der Waals surface area (Å²) in [7, 11) is -1.33. The molecule has 2 aliphatic rings. The second-order valence-electron chi connectivity index (χ2n) is 5.05. The van der Waals surface area contributed by atoms with E-state index in [4.69, 9.17) is 4.43 Å². The normalized spacial score (nSPS) is 33.8. The van der Waals surface area contributed by atoms with Crippen molar-refractivity contribution in [2.45, 2.75) is 38.9 Å². The average Bonchev–Trinajstić information content (AvgIpc) is 2.42. The molecule has 2 heteroatoms. The summed E-state index contributed by atoms with van der Waals surface area (Å²) < 4.78 is 6.03. The van der Waals surface area contributed by atoms with Crippen LogP contribution in [0.15, 0.2) is 11.8 Å². The lowest BCUT2D eigenvalue weighted by molar-refractivity contribution is 0.351. The molecule has 0 heterocycles. The second-order valence-corrected chi connectivity index (χ2v) is 9.48. The van der Waals surface area contributed by atoms with Gasteiger partial charge in [-0.2, -0.15) is 0 Å². The molecule has 0 aromatic carbocycles. The summed E-state index contributed by atoms with van der Waals surface area (Å²) >= 11 is 0. The smallest absolute Gasteiger partial charge is 0.241 e. The number of rotatable bonds is 2. The van der Waals surface area contributed by atoms with E-state index in [1.165, 1.54) is 25.0 Å². The van der Waals surface area contributed by atoms with E-state index in [-0.39, 0.29) is 0 Å². The predicted molar refractivity (Wildman–Crippen MR) is 53.3 cm³/mol. The molecule has 0 radical (unpaired) electrons. The lowest BCUT2D eigenvalue weighted by Gasteiger charge is -2.24. The van der Waals surface area contributed by atoms with Crippen LogP contribution in [-0.4, -0.2) is 8.32 Å². The van der Waals surface area contributed by atoms with Crippen LogP contribution < -0.4 is 0 Å². The van der Waals surface area contributed by atoms with Gasteiger partial charge in [-0.05, 0) is 50.9 Å². The van der Waals surface area contributed by atoms with E-state index in [0.717, 1.165) is 11.8 Å². The van der Waals surface area contributed by atoms with E-state index in [1.807, 2.05) is 0 Å². The maximum Gasteiger partial charge on any atom is 0.241 e. The lowest BCUT2D eigenvalue weighted by Crippen LogP contribution is -2.26. The van der Waals surface area contributed by atoms with Crippen molar-refractivity contribution < 1.29 is 4.43 Å². The van der Waals surface area contributed by atoms with Gasteiger partial charge in [-0.25, -0.2) is 0 Å². The summed E-state index contributed by atoms with van der Waals surface area (Å²) in [5.41, 5.74) is 0. The van der Waals surface area contributed by atoms with Crippen molar-refractivity contribution in [2.75, 3.05) is 0 Å². The Morgan fingerprint density at radius 3 is 2.50 bits per heavy atom. The Hall–Kier alpha value is -0.243. The van der Waals surface area contributed by atoms with Crippen LogP contribution in [0.5, 0.6) is 0 Å². The summed E-state index contributed by atoms with van der Waals surface area (Å²) in [5.74, 6) is 2.99. The molecule has 1 nitrogen and oxygen atoms in total. The molecular formula is C10H18OSi. The molecule has 2 aliphatic carbocycles. The Labute approximate surface area is 75.9 Å². The van der Waals surface area contributed by atoms with E-state index in [2.05, 4.69) is 25.7 Å². The molecule has 12 heavy (non-hydrogen) atoms. The zero-order valence-corrected chi connectivity index (χ0v) is 9.26. The third-order valence-corrected chi connectivity index (χ3v) is 3.55. The van der Waals surface area contributed by atoms with Gasteiger partial charge in [-0.3, -0.25) is 0 Å². The Kier molecular flexibility index (Phi) is 1.83. The van der Waals surface area contributed by atoms with Crippen LogP contribution in [0.25, 0.3) is 0 Å². The Bertz CT molecular complexity index is 214. The van der Waals surface area contributed by atoms with Gasteiger partial charge < -0.3 is 4.43 Å². The lowest BCUT2D eigenvalue weighted by atomic mass is 10.1. The standard InChI is InChI=1S/C10H18OSi/c1-12(2,3)11-10-7-8-4-5-9(10)6-8/h7-9H,4-6H2,1-3H3. The summed E-state index contributed by atoms with van der Waals surface area (Å²) in [4.78, 5) is 0. The van der Waals surface area contributed by atoms with Crippen molar-refractivity contribution in [3.8, 4) is 0 Å². The van der Waals surface area contributed by atoms with E-state index >= 15 is 0 Å². The number of fused-ring (bicyclic) bond motifs is 2. The van der Waals surface area contributed by atoms with Gasteiger partial charge in [0.1, 0.15) is 0 Å². The van der Waals surface area contributed by atoms with E-state index in [0.29, 0.717) is 0 Å². The first kappa shape index (κ1) is 8.36. The second kappa shape index (κ2) is 2.62. The highest BCUT2D eigenvalue weighted by atomic mass is 28.4. The molecule has 0 aliphatic heterocycles. The minimum Gasteiger partial charge on any atom is -0.547 e. The van der Waals surface area contributed by atoms with Gasteiger partial charge >= 0.3 is 0 Å². The van der Waals surface area contributed by atoms with Gasteiger partial charge in [-0.1, -0.05) is 0 Å². The van der Waals surface area contributed by atoms with Crippen LogP contribution in [0.1, 0.15) is 19.3 Å². The molecule has 0 N–H and O–H groups in total. The minimum absolute atomic E-state index is 0.793. The third-order valence-electron chi connectivity index (χ3n) is 2.70. The molecule has 0 spiro atoms. The molecule has 0 saturated heterocycles. The van der Waals surface area contributed by atoms with Gasteiger partial charge in [0.05, 0.1) is 5.76 Å². The first-order valence-corrected chi connectivity index (χ1v) is 8.36. The van der Waals surface area contributed by atoms with E-state index < -0.39 is 8.32 Å². The largest absolute Gasteiger partial charge is 0.547 e. The van der Waals surface area contributed by atoms with Crippen LogP contribution in [0.3, 0.4) is 0 Å². The highest BCUT2D eigenvalue weighted by Crippen LogP contribution is 2.44. The van der Waals surface area contributed by atoms with Crippen LogP contribution in [0.4, 0.5) is 0 Å². The summed E-state index contributed by atoms with van der Waals surface area (Å²) in [5, 5.41) is 0. The average molecular weight is 182 g/mol. The fourth-order valence-electron chi connectivity index (χ4n) is 2.27. The van der Waals surface area contributed by atoms with Crippen LogP contribution in [0, 0.1) is 11.8 Å². The van der Waals surface area contributed by atoms with Crippen LogP contribution >= 0.6 is 0 Å². The number of hydrogen-bond donors (Lipinski definition) is 0. The molecular weight excluding hydrogens is 164 g/mol. The maximum absolute atomic E-state index is 6.03. The zero-order valence-electron chi connectivity index (χ0n) is 8.26. The Morgan fingerprint density at radius 1 is 1.33 bits per heavy atom. The highest BCUT2D eigenvalue weighted by Gasteiger charge is 2.35. The first-order chi connectivity index (χ1) is 5.54. The Balaban J connectivity index is 2.02. The van der Waals surface area contributed by atoms with Crippen molar-refractivity contribution in [3.05, 3.63) is 11.8 Å². The highest BCUT2D eigenvalue weighted by molar-refractivity contribution is 6.70. The third kappa shape index (κ3) is 1.58. The van der Waals surface area contributed by atoms with Gasteiger partial charge in [0.2, 0.25) is 8.32 Å². The molecule has 2 atom stereocenters. The maximum atomic E-state index is 6.03. The van der Waals surface area contributed by atoms with E-state index in [9.17, 15) is 0 Å². The predicted octanol–water partition coefficient (Wildman–Crippen LogP) is 3.15. The van der Waals surface area contributed by atoms with E-state index in [1.54, 1.807) is 0 Å². The van der Waals surface area contributed by atoms with Gasteiger partial charge in [0.15, 0.2) is 0 Å². The molecule has 0 amide bonds. The molecule has 1 fully saturated rings. The molecule has 2 unspecified atom stereocenters. The fraction of sp³-hybridized carbons (Fsp3) is 0.800. The SMILES string of the molecule is C[Si](C)(C)OC1=CC2CCC1C2. The monoisotopic (exact) mass is 182 g/mol. The molecule has 68 valence electrons. The van der Waals surface area contributed by atoms with Gasteiger partial charge in [0, 0.05) is 5.92 Å².